The molecule has 0 bridgehead atoms. The maximum absolute atomic E-state index is 10.6. The molecular formula is C10H19NO2. The van der Waals surface area contributed by atoms with E-state index >= 15 is 0 Å². The second-order valence-electron chi connectivity index (χ2n) is 2.93. The van der Waals surface area contributed by atoms with Crippen LogP contribution < -0.4 is 5.32 Å². The van der Waals surface area contributed by atoms with E-state index < -0.39 is 5.97 Å². The maximum atomic E-state index is 10.6. The molecule has 0 amide bonds. The highest BCUT2D eigenvalue weighted by atomic mass is 16.4. The lowest BCUT2D eigenvalue weighted by Crippen LogP contribution is -2.14. The first-order chi connectivity index (χ1) is 6.22. The smallest absolute Gasteiger partial charge is 0.331 e. The fourth-order valence-corrected chi connectivity index (χ4v) is 1.12. The van der Waals surface area contributed by atoms with Gasteiger partial charge >= 0.3 is 5.97 Å². The predicted octanol–water partition coefficient (Wildman–Crippen LogP) is 1.80. The Balaban J connectivity index is 3.46. The van der Waals surface area contributed by atoms with E-state index in [-0.39, 0.29) is 0 Å². The van der Waals surface area contributed by atoms with E-state index in [1.165, 1.54) is 0 Å². The molecule has 0 radical (unpaired) electrons. The Hall–Kier alpha value is -0.830. The number of nitrogens with one attached hydrogen (secondary N) is 1. The molecule has 0 aliphatic carbocycles. The Morgan fingerprint density at radius 3 is 2.62 bits per heavy atom. The van der Waals surface area contributed by atoms with Crippen LogP contribution in [0.15, 0.2) is 11.6 Å². The lowest BCUT2D eigenvalue weighted by Gasteiger charge is -2.02. The van der Waals surface area contributed by atoms with Gasteiger partial charge in [-0.2, -0.15) is 0 Å². The highest BCUT2D eigenvalue weighted by molar-refractivity contribution is 5.86. The van der Waals surface area contributed by atoms with Crippen molar-refractivity contribution in [1.82, 2.24) is 5.32 Å². The number of unbranched alkanes of at least 4 members (excludes halogenated alkanes) is 1. The minimum Gasteiger partial charge on any atom is -0.478 e. The SMILES string of the molecule is C/C=C(\CCCCNCC)C(=O)O. The molecule has 0 rings (SSSR count). The summed E-state index contributed by atoms with van der Waals surface area (Å²) in [6.07, 6.45) is 4.34. The number of carboxylic acid groups (broad SMARTS) is 1. The third kappa shape index (κ3) is 6.34. The first-order valence-corrected chi connectivity index (χ1v) is 4.81. The normalized spacial score (nSPS) is 11.7. The van der Waals surface area contributed by atoms with Gasteiger partial charge in [0.25, 0.3) is 0 Å². The fraction of sp³-hybridized carbons (Fsp3) is 0.700. The van der Waals surface area contributed by atoms with Crippen molar-refractivity contribution in [3.8, 4) is 0 Å². The van der Waals surface area contributed by atoms with Gasteiger partial charge in [-0.15, -0.1) is 0 Å². The van der Waals surface area contributed by atoms with Gasteiger partial charge in [0.2, 0.25) is 0 Å². The summed E-state index contributed by atoms with van der Waals surface area (Å²) in [5.41, 5.74) is 0.525. The van der Waals surface area contributed by atoms with E-state index in [9.17, 15) is 4.79 Å². The molecule has 0 aromatic rings. The van der Waals surface area contributed by atoms with Gasteiger partial charge in [-0.05, 0) is 39.3 Å². The third-order valence-electron chi connectivity index (χ3n) is 1.92. The Morgan fingerprint density at radius 1 is 1.46 bits per heavy atom. The van der Waals surface area contributed by atoms with Crippen LogP contribution >= 0.6 is 0 Å². The lowest BCUT2D eigenvalue weighted by molar-refractivity contribution is -0.132. The summed E-state index contributed by atoms with van der Waals surface area (Å²) in [5.74, 6) is -0.786. The Bertz CT molecular complexity index is 176. The van der Waals surface area contributed by atoms with Crippen LogP contribution in [0.2, 0.25) is 0 Å². The summed E-state index contributed by atoms with van der Waals surface area (Å²) >= 11 is 0. The lowest BCUT2D eigenvalue weighted by atomic mass is 10.1. The van der Waals surface area contributed by atoms with Crippen molar-refractivity contribution in [3.63, 3.8) is 0 Å². The van der Waals surface area contributed by atoms with Gasteiger partial charge in [0.05, 0.1) is 0 Å². The first kappa shape index (κ1) is 12.2. The number of rotatable bonds is 7. The number of hydrogen-bond donors (Lipinski definition) is 2. The molecule has 13 heavy (non-hydrogen) atoms. The molecule has 0 saturated carbocycles. The minimum atomic E-state index is -0.786. The average molecular weight is 185 g/mol. The van der Waals surface area contributed by atoms with Crippen molar-refractivity contribution in [3.05, 3.63) is 11.6 Å². The number of hydrogen-bond acceptors (Lipinski definition) is 2. The van der Waals surface area contributed by atoms with Gasteiger partial charge in [0.1, 0.15) is 0 Å². The van der Waals surface area contributed by atoms with Gasteiger partial charge in [0.15, 0.2) is 0 Å². The van der Waals surface area contributed by atoms with Crippen LogP contribution in [0.3, 0.4) is 0 Å². The van der Waals surface area contributed by atoms with Crippen molar-refractivity contribution in [2.75, 3.05) is 13.1 Å². The highest BCUT2D eigenvalue weighted by Crippen LogP contribution is 2.06. The predicted molar refractivity (Wildman–Crippen MR) is 53.8 cm³/mol. The van der Waals surface area contributed by atoms with E-state index in [0.717, 1.165) is 25.9 Å². The summed E-state index contributed by atoms with van der Waals surface area (Å²) < 4.78 is 0. The van der Waals surface area contributed by atoms with E-state index in [0.29, 0.717) is 12.0 Å². The Kier molecular flexibility index (Phi) is 7.30. The van der Waals surface area contributed by atoms with Crippen LogP contribution in [0.5, 0.6) is 0 Å². The first-order valence-electron chi connectivity index (χ1n) is 4.81. The number of carbonyl (C=O) groups is 1. The number of allylic oxidation sites excluding steroid dienone is 1. The molecule has 0 unspecified atom stereocenters. The van der Waals surface area contributed by atoms with Crippen LogP contribution in [0.1, 0.15) is 33.1 Å². The molecule has 0 atom stereocenters. The van der Waals surface area contributed by atoms with Gasteiger partial charge in [-0.25, -0.2) is 4.79 Å². The molecule has 0 aromatic carbocycles. The summed E-state index contributed by atoms with van der Waals surface area (Å²) in [6.45, 7) is 5.80. The van der Waals surface area contributed by atoms with E-state index in [1.807, 2.05) is 0 Å². The van der Waals surface area contributed by atoms with Crippen LogP contribution in [0.4, 0.5) is 0 Å². The Morgan fingerprint density at radius 2 is 2.15 bits per heavy atom. The molecule has 0 aromatic heterocycles. The largest absolute Gasteiger partial charge is 0.478 e. The van der Waals surface area contributed by atoms with E-state index in [4.69, 9.17) is 5.11 Å². The van der Waals surface area contributed by atoms with Crippen LogP contribution in [-0.2, 0) is 4.79 Å². The van der Waals surface area contributed by atoms with Gasteiger partial charge < -0.3 is 10.4 Å². The zero-order valence-corrected chi connectivity index (χ0v) is 8.47. The average Bonchev–Trinajstić information content (AvgIpc) is 2.10. The second kappa shape index (κ2) is 7.80. The minimum absolute atomic E-state index is 0.525. The standard InChI is InChI=1S/C10H19NO2/c1-3-9(10(12)13)7-5-6-8-11-4-2/h3,11H,4-8H2,1-2H3,(H,12,13)/b9-3+. The van der Waals surface area contributed by atoms with Gasteiger partial charge in [-0.3, -0.25) is 0 Å². The topological polar surface area (TPSA) is 49.3 Å². The van der Waals surface area contributed by atoms with E-state index in [2.05, 4.69) is 12.2 Å². The van der Waals surface area contributed by atoms with Crippen LogP contribution in [0.25, 0.3) is 0 Å². The summed E-state index contributed by atoms with van der Waals surface area (Å²) in [6, 6.07) is 0. The summed E-state index contributed by atoms with van der Waals surface area (Å²) in [7, 11) is 0. The van der Waals surface area contributed by atoms with Crippen LogP contribution in [0, 0.1) is 0 Å². The second-order valence-corrected chi connectivity index (χ2v) is 2.93. The molecule has 2 N–H and O–H groups in total. The van der Waals surface area contributed by atoms with Crippen LogP contribution in [-0.4, -0.2) is 24.2 Å². The van der Waals surface area contributed by atoms with Gasteiger partial charge in [0, 0.05) is 5.57 Å². The van der Waals surface area contributed by atoms with E-state index in [1.54, 1.807) is 13.0 Å². The fourth-order valence-electron chi connectivity index (χ4n) is 1.12. The van der Waals surface area contributed by atoms with Crippen molar-refractivity contribution in [2.24, 2.45) is 0 Å². The summed E-state index contributed by atoms with van der Waals surface area (Å²) in [4.78, 5) is 10.6. The molecular weight excluding hydrogens is 166 g/mol. The number of aliphatic carboxylic acids is 1. The summed E-state index contributed by atoms with van der Waals surface area (Å²) in [5, 5.41) is 11.9. The van der Waals surface area contributed by atoms with Gasteiger partial charge in [-0.1, -0.05) is 13.0 Å². The molecule has 0 heterocycles. The monoisotopic (exact) mass is 185 g/mol. The van der Waals surface area contributed by atoms with Crippen molar-refractivity contribution < 1.29 is 9.90 Å². The van der Waals surface area contributed by atoms with Crippen molar-refractivity contribution in [2.45, 2.75) is 33.1 Å². The maximum Gasteiger partial charge on any atom is 0.331 e. The molecule has 0 aliphatic heterocycles. The number of carboxylic acids is 1. The molecule has 0 fully saturated rings. The molecule has 0 spiro atoms. The molecule has 0 aliphatic rings. The zero-order valence-electron chi connectivity index (χ0n) is 8.47. The zero-order chi connectivity index (χ0) is 10.1. The quantitative estimate of drug-likeness (QED) is 0.469. The highest BCUT2D eigenvalue weighted by Gasteiger charge is 2.04. The van der Waals surface area contributed by atoms with Crippen molar-refractivity contribution in [1.29, 1.82) is 0 Å². The molecule has 3 nitrogen and oxygen atoms in total. The molecule has 76 valence electrons. The third-order valence-corrected chi connectivity index (χ3v) is 1.92. The molecule has 0 saturated heterocycles. The van der Waals surface area contributed by atoms with Crippen molar-refractivity contribution >= 4 is 5.97 Å². The molecule has 3 heteroatoms. The Labute approximate surface area is 79.8 Å².